The lowest BCUT2D eigenvalue weighted by atomic mass is 10.2. The first-order valence-corrected chi connectivity index (χ1v) is 5.55. The standard InChI is InChI=1S/C11H11BrN4/c1-7-8(12)3-2-4-10(7)16-11-9(13)5-14-6-15-11/h2-6H,13H2,1H3,(H,14,15,16). The lowest BCUT2D eigenvalue weighted by molar-refractivity contribution is 1.17. The van der Waals surface area contributed by atoms with E-state index in [4.69, 9.17) is 5.73 Å². The first-order valence-electron chi connectivity index (χ1n) is 4.76. The molecule has 5 heteroatoms. The number of nitrogen functional groups attached to an aromatic ring is 1. The zero-order valence-electron chi connectivity index (χ0n) is 8.74. The highest BCUT2D eigenvalue weighted by Crippen LogP contribution is 2.27. The van der Waals surface area contributed by atoms with E-state index in [1.165, 1.54) is 6.33 Å². The van der Waals surface area contributed by atoms with Crippen molar-refractivity contribution in [2.75, 3.05) is 11.1 Å². The second-order valence-electron chi connectivity index (χ2n) is 3.36. The highest BCUT2D eigenvalue weighted by Gasteiger charge is 2.04. The molecule has 0 radical (unpaired) electrons. The molecule has 0 amide bonds. The lowest BCUT2D eigenvalue weighted by Crippen LogP contribution is -2.00. The van der Waals surface area contributed by atoms with Crippen LogP contribution in [-0.4, -0.2) is 9.97 Å². The van der Waals surface area contributed by atoms with E-state index in [0.29, 0.717) is 11.5 Å². The third kappa shape index (κ3) is 2.14. The van der Waals surface area contributed by atoms with Crippen molar-refractivity contribution in [3.8, 4) is 0 Å². The molecule has 2 rings (SSSR count). The van der Waals surface area contributed by atoms with Crippen molar-refractivity contribution in [1.82, 2.24) is 9.97 Å². The number of rotatable bonds is 2. The molecule has 1 aromatic carbocycles. The SMILES string of the molecule is Cc1c(Br)cccc1Nc1ncncc1N. The van der Waals surface area contributed by atoms with Crippen LogP contribution < -0.4 is 11.1 Å². The fourth-order valence-electron chi connectivity index (χ4n) is 1.32. The van der Waals surface area contributed by atoms with E-state index in [9.17, 15) is 0 Å². The molecule has 0 unspecified atom stereocenters. The summed E-state index contributed by atoms with van der Waals surface area (Å²) in [5.41, 5.74) is 8.37. The van der Waals surface area contributed by atoms with E-state index in [1.54, 1.807) is 6.20 Å². The molecular weight excluding hydrogens is 268 g/mol. The predicted octanol–water partition coefficient (Wildman–Crippen LogP) is 2.87. The number of halogens is 1. The Morgan fingerprint density at radius 2 is 2.19 bits per heavy atom. The topological polar surface area (TPSA) is 63.8 Å². The molecule has 82 valence electrons. The molecule has 0 atom stereocenters. The first-order chi connectivity index (χ1) is 7.68. The van der Waals surface area contributed by atoms with Crippen LogP contribution in [0.4, 0.5) is 17.2 Å². The van der Waals surface area contributed by atoms with E-state index in [1.807, 2.05) is 25.1 Å². The van der Waals surface area contributed by atoms with Crippen LogP contribution in [0, 0.1) is 6.92 Å². The molecule has 1 aromatic heterocycles. The molecule has 4 nitrogen and oxygen atoms in total. The van der Waals surface area contributed by atoms with Gasteiger partial charge in [0, 0.05) is 10.2 Å². The molecule has 16 heavy (non-hydrogen) atoms. The van der Waals surface area contributed by atoms with Gasteiger partial charge in [0.05, 0.1) is 11.9 Å². The Kier molecular flexibility index (Phi) is 3.05. The monoisotopic (exact) mass is 278 g/mol. The second-order valence-corrected chi connectivity index (χ2v) is 4.22. The molecule has 0 spiro atoms. The van der Waals surface area contributed by atoms with Crippen LogP contribution in [0.3, 0.4) is 0 Å². The summed E-state index contributed by atoms with van der Waals surface area (Å²) in [6.07, 6.45) is 3.04. The Morgan fingerprint density at radius 3 is 2.94 bits per heavy atom. The van der Waals surface area contributed by atoms with Crippen LogP contribution in [0.5, 0.6) is 0 Å². The van der Waals surface area contributed by atoms with Crippen molar-refractivity contribution in [2.24, 2.45) is 0 Å². The molecule has 0 bridgehead atoms. The van der Waals surface area contributed by atoms with Crippen LogP contribution in [0.25, 0.3) is 0 Å². The minimum atomic E-state index is 0.530. The Bertz CT molecular complexity index is 513. The third-order valence-electron chi connectivity index (χ3n) is 2.26. The molecule has 0 aliphatic rings. The number of nitrogens with one attached hydrogen (secondary N) is 1. The minimum Gasteiger partial charge on any atom is -0.394 e. The Labute approximate surface area is 102 Å². The number of hydrogen-bond donors (Lipinski definition) is 2. The normalized spacial score (nSPS) is 10.1. The average molecular weight is 279 g/mol. The van der Waals surface area contributed by atoms with Crippen molar-refractivity contribution in [2.45, 2.75) is 6.92 Å². The number of benzene rings is 1. The van der Waals surface area contributed by atoms with Crippen molar-refractivity contribution in [3.63, 3.8) is 0 Å². The zero-order valence-corrected chi connectivity index (χ0v) is 10.3. The van der Waals surface area contributed by atoms with Gasteiger partial charge in [0.15, 0.2) is 5.82 Å². The van der Waals surface area contributed by atoms with Gasteiger partial charge in [-0.25, -0.2) is 9.97 Å². The number of nitrogens with two attached hydrogens (primary N) is 1. The van der Waals surface area contributed by atoms with Crippen LogP contribution in [0.1, 0.15) is 5.56 Å². The minimum absolute atomic E-state index is 0.530. The Morgan fingerprint density at radius 1 is 1.38 bits per heavy atom. The summed E-state index contributed by atoms with van der Waals surface area (Å²) in [5.74, 6) is 0.621. The number of hydrogen-bond acceptors (Lipinski definition) is 4. The molecule has 0 saturated heterocycles. The first kappa shape index (κ1) is 10.9. The van der Waals surface area contributed by atoms with Crippen molar-refractivity contribution >= 4 is 33.1 Å². The summed E-state index contributed by atoms with van der Waals surface area (Å²) in [6, 6.07) is 5.92. The quantitative estimate of drug-likeness (QED) is 0.887. The fraction of sp³-hybridized carbons (Fsp3) is 0.0909. The van der Waals surface area contributed by atoms with E-state index < -0.39 is 0 Å². The highest BCUT2D eigenvalue weighted by atomic mass is 79.9. The van der Waals surface area contributed by atoms with Gasteiger partial charge in [-0.3, -0.25) is 0 Å². The molecule has 0 saturated carbocycles. The summed E-state index contributed by atoms with van der Waals surface area (Å²) in [7, 11) is 0. The molecule has 0 aliphatic heterocycles. The fourth-order valence-corrected chi connectivity index (χ4v) is 1.68. The van der Waals surface area contributed by atoms with E-state index in [0.717, 1.165) is 15.7 Å². The van der Waals surface area contributed by atoms with Crippen molar-refractivity contribution in [3.05, 3.63) is 40.8 Å². The number of nitrogens with zero attached hydrogens (tertiary/aromatic N) is 2. The van der Waals surface area contributed by atoms with Gasteiger partial charge < -0.3 is 11.1 Å². The summed E-state index contributed by atoms with van der Waals surface area (Å²) in [5, 5.41) is 3.18. The summed E-state index contributed by atoms with van der Waals surface area (Å²) < 4.78 is 1.05. The molecular formula is C11H11BrN4. The van der Waals surface area contributed by atoms with Gasteiger partial charge in [0.2, 0.25) is 0 Å². The van der Waals surface area contributed by atoms with Crippen LogP contribution in [0.15, 0.2) is 35.2 Å². The smallest absolute Gasteiger partial charge is 0.157 e. The average Bonchev–Trinajstić information content (AvgIpc) is 2.28. The molecule has 2 aromatic rings. The van der Waals surface area contributed by atoms with Gasteiger partial charge in [-0.15, -0.1) is 0 Å². The van der Waals surface area contributed by atoms with Gasteiger partial charge in [-0.2, -0.15) is 0 Å². The number of aromatic nitrogens is 2. The molecule has 0 aliphatic carbocycles. The van der Waals surface area contributed by atoms with Crippen molar-refractivity contribution < 1.29 is 0 Å². The lowest BCUT2D eigenvalue weighted by Gasteiger charge is -2.10. The largest absolute Gasteiger partial charge is 0.394 e. The van der Waals surface area contributed by atoms with E-state index in [-0.39, 0.29) is 0 Å². The van der Waals surface area contributed by atoms with Gasteiger partial charge >= 0.3 is 0 Å². The number of anilines is 3. The highest BCUT2D eigenvalue weighted by molar-refractivity contribution is 9.10. The summed E-state index contributed by atoms with van der Waals surface area (Å²) >= 11 is 3.47. The van der Waals surface area contributed by atoms with Gasteiger partial charge in [-0.1, -0.05) is 22.0 Å². The van der Waals surface area contributed by atoms with E-state index in [2.05, 4.69) is 31.2 Å². The molecule has 0 fully saturated rings. The zero-order chi connectivity index (χ0) is 11.5. The van der Waals surface area contributed by atoms with Gasteiger partial charge in [0.25, 0.3) is 0 Å². The second kappa shape index (κ2) is 4.49. The molecule has 3 N–H and O–H groups in total. The van der Waals surface area contributed by atoms with Gasteiger partial charge in [-0.05, 0) is 24.6 Å². The third-order valence-corrected chi connectivity index (χ3v) is 3.12. The van der Waals surface area contributed by atoms with Crippen LogP contribution in [-0.2, 0) is 0 Å². The summed E-state index contributed by atoms with van der Waals surface area (Å²) in [6.45, 7) is 2.02. The van der Waals surface area contributed by atoms with Crippen LogP contribution >= 0.6 is 15.9 Å². The molecule has 1 heterocycles. The van der Waals surface area contributed by atoms with Crippen molar-refractivity contribution in [1.29, 1.82) is 0 Å². The maximum atomic E-state index is 5.76. The summed E-state index contributed by atoms with van der Waals surface area (Å²) in [4.78, 5) is 7.92. The maximum absolute atomic E-state index is 5.76. The predicted molar refractivity (Wildman–Crippen MR) is 68.6 cm³/mol. The van der Waals surface area contributed by atoms with Crippen LogP contribution in [0.2, 0.25) is 0 Å². The Hall–Kier alpha value is -1.62. The Balaban J connectivity index is 2.35. The van der Waals surface area contributed by atoms with E-state index >= 15 is 0 Å². The maximum Gasteiger partial charge on any atom is 0.157 e. The van der Waals surface area contributed by atoms with Gasteiger partial charge in [0.1, 0.15) is 6.33 Å².